The van der Waals surface area contributed by atoms with Crippen LogP contribution in [0, 0.1) is 0 Å². The molecule has 1 aromatic heterocycles. The van der Waals surface area contributed by atoms with Gasteiger partial charge in [-0.2, -0.15) is 0 Å². The molecule has 0 saturated heterocycles. The summed E-state index contributed by atoms with van der Waals surface area (Å²) < 4.78 is 8.20. The lowest BCUT2D eigenvalue weighted by molar-refractivity contribution is -0.116. The highest BCUT2D eigenvalue weighted by atomic mass is 79.9. The maximum absolute atomic E-state index is 12.1. The summed E-state index contributed by atoms with van der Waals surface area (Å²) in [5.41, 5.74) is 2.79. The van der Waals surface area contributed by atoms with E-state index in [1.54, 1.807) is 13.2 Å². The standard InChI is InChI=1S/C19H18BrN3O2/c1-23-16-6-4-3-5-15(16)22-18(23)12-21-19(24)10-7-13-11-14(20)8-9-17(13)25-2/h3-11H,12H2,1-2H3,(H,21,24)/b10-7+. The van der Waals surface area contributed by atoms with Crippen molar-refractivity contribution in [2.75, 3.05) is 7.11 Å². The van der Waals surface area contributed by atoms with E-state index in [0.29, 0.717) is 12.3 Å². The van der Waals surface area contributed by atoms with Crippen molar-refractivity contribution in [1.29, 1.82) is 0 Å². The van der Waals surface area contributed by atoms with Crippen LogP contribution in [0.25, 0.3) is 17.1 Å². The summed E-state index contributed by atoms with van der Waals surface area (Å²) in [5, 5.41) is 2.86. The number of rotatable bonds is 5. The van der Waals surface area contributed by atoms with Crippen LogP contribution < -0.4 is 10.1 Å². The van der Waals surface area contributed by atoms with Gasteiger partial charge in [0.1, 0.15) is 11.6 Å². The number of imidazole rings is 1. The summed E-state index contributed by atoms with van der Waals surface area (Å²) >= 11 is 3.42. The Morgan fingerprint density at radius 2 is 2.12 bits per heavy atom. The number of aryl methyl sites for hydroxylation is 1. The smallest absolute Gasteiger partial charge is 0.244 e. The maximum Gasteiger partial charge on any atom is 0.244 e. The fourth-order valence-corrected chi connectivity index (χ4v) is 2.96. The number of fused-ring (bicyclic) bond motifs is 1. The van der Waals surface area contributed by atoms with Crippen molar-refractivity contribution >= 4 is 38.9 Å². The summed E-state index contributed by atoms with van der Waals surface area (Å²) in [4.78, 5) is 16.7. The highest BCUT2D eigenvalue weighted by Crippen LogP contribution is 2.24. The van der Waals surface area contributed by atoms with Crippen LogP contribution in [-0.2, 0) is 18.4 Å². The van der Waals surface area contributed by atoms with Crippen molar-refractivity contribution < 1.29 is 9.53 Å². The van der Waals surface area contributed by atoms with Gasteiger partial charge in [0.25, 0.3) is 0 Å². The van der Waals surface area contributed by atoms with E-state index in [9.17, 15) is 4.79 Å². The van der Waals surface area contributed by atoms with Gasteiger partial charge in [-0.3, -0.25) is 4.79 Å². The van der Waals surface area contributed by atoms with Crippen LogP contribution in [0.1, 0.15) is 11.4 Å². The molecule has 0 unspecified atom stereocenters. The topological polar surface area (TPSA) is 56.1 Å². The SMILES string of the molecule is COc1ccc(Br)cc1/C=C/C(=O)NCc1nc2ccccc2n1C. The van der Waals surface area contributed by atoms with E-state index in [-0.39, 0.29) is 5.91 Å². The first-order valence-electron chi connectivity index (χ1n) is 7.78. The van der Waals surface area contributed by atoms with Gasteiger partial charge in [0.15, 0.2) is 0 Å². The van der Waals surface area contributed by atoms with Gasteiger partial charge in [-0.05, 0) is 36.4 Å². The van der Waals surface area contributed by atoms with E-state index in [4.69, 9.17) is 4.74 Å². The number of nitrogens with one attached hydrogen (secondary N) is 1. The molecule has 0 aliphatic carbocycles. The van der Waals surface area contributed by atoms with E-state index in [1.165, 1.54) is 6.08 Å². The zero-order chi connectivity index (χ0) is 17.8. The predicted molar refractivity (Wildman–Crippen MR) is 102 cm³/mol. The molecular formula is C19H18BrN3O2. The number of aromatic nitrogens is 2. The number of carbonyl (C=O) groups is 1. The molecule has 0 spiro atoms. The van der Waals surface area contributed by atoms with Crippen molar-refractivity contribution in [2.24, 2.45) is 7.05 Å². The Labute approximate surface area is 154 Å². The average molecular weight is 400 g/mol. The number of hydrogen-bond donors (Lipinski definition) is 1. The molecule has 25 heavy (non-hydrogen) atoms. The lowest BCUT2D eigenvalue weighted by Crippen LogP contribution is -2.22. The zero-order valence-corrected chi connectivity index (χ0v) is 15.6. The van der Waals surface area contributed by atoms with Gasteiger partial charge in [-0.1, -0.05) is 28.1 Å². The van der Waals surface area contributed by atoms with Gasteiger partial charge in [-0.15, -0.1) is 0 Å². The van der Waals surface area contributed by atoms with E-state index >= 15 is 0 Å². The fraction of sp³-hybridized carbons (Fsp3) is 0.158. The number of carbonyl (C=O) groups excluding carboxylic acids is 1. The van der Waals surface area contributed by atoms with Crippen molar-refractivity contribution in [1.82, 2.24) is 14.9 Å². The second kappa shape index (κ2) is 7.53. The molecule has 0 radical (unpaired) electrons. The summed E-state index contributed by atoms with van der Waals surface area (Å²) in [7, 11) is 3.55. The van der Waals surface area contributed by atoms with Crippen LogP contribution in [0.5, 0.6) is 5.75 Å². The van der Waals surface area contributed by atoms with Crippen LogP contribution in [0.3, 0.4) is 0 Å². The second-order valence-corrected chi connectivity index (χ2v) is 6.43. The number of benzene rings is 2. The van der Waals surface area contributed by atoms with Crippen LogP contribution >= 0.6 is 15.9 Å². The molecule has 2 aromatic carbocycles. The highest BCUT2D eigenvalue weighted by Gasteiger charge is 2.08. The molecule has 1 heterocycles. The third kappa shape index (κ3) is 3.91. The van der Waals surface area contributed by atoms with E-state index in [2.05, 4.69) is 26.2 Å². The van der Waals surface area contributed by atoms with Gasteiger partial charge in [-0.25, -0.2) is 4.98 Å². The van der Waals surface area contributed by atoms with Crippen LogP contribution in [-0.4, -0.2) is 22.6 Å². The fourth-order valence-electron chi connectivity index (χ4n) is 2.58. The van der Waals surface area contributed by atoms with Crippen LogP contribution in [0.4, 0.5) is 0 Å². The lowest BCUT2D eigenvalue weighted by Gasteiger charge is -2.05. The van der Waals surface area contributed by atoms with E-state index < -0.39 is 0 Å². The molecule has 3 aromatic rings. The van der Waals surface area contributed by atoms with Crippen molar-refractivity contribution in [3.63, 3.8) is 0 Å². The molecule has 5 nitrogen and oxygen atoms in total. The van der Waals surface area contributed by atoms with Gasteiger partial charge >= 0.3 is 0 Å². The average Bonchev–Trinajstić information content (AvgIpc) is 2.94. The second-order valence-electron chi connectivity index (χ2n) is 5.51. The molecule has 1 N–H and O–H groups in total. The summed E-state index contributed by atoms with van der Waals surface area (Å²) in [5.74, 6) is 1.33. The normalized spacial score (nSPS) is 11.2. The van der Waals surface area contributed by atoms with E-state index in [1.807, 2.05) is 54.1 Å². The van der Waals surface area contributed by atoms with Crippen molar-refractivity contribution in [3.05, 3.63) is 64.4 Å². The first-order valence-corrected chi connectivity index (χ1v) is 8.57. The maximum atomic E-state index is 12.1. The largest absolute Gasteiger partial charge is 0.496 e. The number of hydrogen-bond acceptors (Lipinski definition) is 3. The Bertz CT molecular complexity index is 947. The molecule has 0 aliphatic heterocycles. The van der Waals surface area contributed by atoms with Crippen molar-refractivity contribution in [3.8, 4) is 5.75 Å². The van der Waals surface area contributed by atoms with Gasteiger partial charge < -0.3 is 14.6 Å². The summed E-state index contributed by atoms with van der Waals surface area (Å²) in [6.45, 7) is 0.365. The minimum atomic E-state index is -0.186. The number of halogens is 1. The van der Waals surface area contributed by atoms with E-state index in [0.717, 1.165) is 26.9 Å². The number of ether oxygens (including phenoxy) is 1. The predicted octanol–water partition coefficient (Wildman–Crippen LogP) is 3.67. The third-order valence-electron chi connectivity index (χ3n) is 3.91. The molecular weight excluding hydrogens is 382 g/mol. The minimum Gasteiger partial charge on any atom is -0.496 e. The third-order valence-corrected chi connectivity index (χ3v) is 4.40. The van der Waals surface area contributed by atoms with Gasteiger partial charge in [0.2, 0.25) is 5.91 Å². The zero-order valence-electron chi connectivity index (χ0n) is 14.0. The Morgan fingerprint density at radius 1 is 1.32 bits per heavy atom. The summed E-state index contributed by atoms with van der Waals surface area (Å²) in [6.07, 6.45) is 3.22. The molecule has 6 heteroatoms. The summed E-state index contributed by atoms with van der Waals surface area (Å²) in [6, 6.07) is 13.5. The lowest BCUT2D eigenvalue weighted by atomic mass is 10.2. The molecule has 0 aliphatic rings. The Kier molecular flexibility index (Phi) is 5.19. The number of nitrogens with zero attached hydrogens (tertiary/aromatic N) is 2. The number of methoxy groups -OCH3 is 1. The highest BCUT2D eigenvalue weighted by molar-refractivity contribution is 9.10. The van der Waals surface area contributed by atoms with Gasteiger partial charge in [0, 0.05) is 23.2 Å². The first-order chi connectivity index (χ1) is 12.1. The monoisotopic (exact) mass is 399 g/mol. The Balaban J connectivity index is 1.68. The molecule has 0 atom stereocenters. The van der Waals surface area contributed by atoms with Gasteiger partial charge in [0.05, 0.1) is 24.7 Å². The molecule has 128 valence electrons. The van der Waals surface area contributed by atoms with Crippen LogP contribution in [0.15, 0.2) is 53.0 Å². The van der Waals surface area contributed by atoms with Crippen LogP contribution in [0.2, 0.25) is 0 Å². The Morgan fingerprint density at radius 3 is 2.88 bits per heavy atom. The minimum absolute atomic E-state index is 0.186. The Hall–Kier alpha value is -2.60. The molecule has 1 amide bonds. The molecule has 3 rings (SSSR count). The molecule has 0 fully saturated rings. The number of amides is 1. The quantitative estimate of drug-likeness (QED) is 0.665. The number of para-hydroxylation sites is 2. The molecule has 0 saturated carbocycles. The first kappa shape index (κ1) is 17.2. The van der Waals surface area contributed by atoms with Crippen molar-refractivity contribution in [2.45, 2.75) is 6.54 Å². The molecule has 0 bridgehead atoms.